The molecule has 2 aromatic rings. The van der Waals surface area contributed by atoms with Gasteiger partial charge in [0.05, 0.1) is 18.2 Å². The number of amides is 1. The summed E-state index contributed by atoms with van der Waals surface area (Å²) < 4.78 is 0. The van der Waals surface area contributed by atoms with E-state index in [2.05, 4.69) is 5.32 Å². The molecule has 0 heterocycles. The molecule has 4 heteroatoms. The molecule has 2 aromatic carbocycles. The number of rotatable bonds is 4. The number of aliphatic hydroxyl groups is 1. The zero-order valence-electron chi connectivity index (χ0n) is 11.2. The average Bonchev–Trinajstić information content (AvgIpc) is 2.43. The van der Waals surface area contributed by atoms with Gasteiger partial charge < -0.3 is 15.5 Å². The molecule has 3 N–H and O–H groups in total. The van der Waals surface area contributed by atoms with Crippen LogP contribution >= 0.6 is 0 Å². The largest absolute Gasteiger partial charge is 0.506 e. The van der Waals surface area contributed by atoms with Crippen LogP contribution in [0.2, 0.25) is 0 Å². The van der Waals surface area contributed by atoms with E-state index < -0.39 is 6.10 Å². The Labute approximate surface area is 117 Å². The van der Waals surface area contributed by atoms with Gasteiger partial charge in [0.1, 0.15) is 5.75 Å². The minimum atomic E-state index is -0.858. The van der Waals surface area contributed by atoms with Gasteiger partial charge in [0.2, 0.25) is 5.91 Å². The van der Waals surface area contributed by atoms with Crippen LogP contribution in [0.25, 0.3) is 0 Å². The first kappa shape index (κ1) is 14.1. The second-order valence-corrected chi connectivity index (χ2v) is 4.70. The topological polar surface area (TPSA) is 69.6 Å². The molecular weight excluding hydrogens is 254 g/mol. The molecule has 0 aliphatic heterocycles. The van der Waals surface area contributed by atoms with E-state index in [0.717, 1.165) is 5.56 Å². The Morgan fingerprint density at radius 1 is 1.20 bits per heavy atom. The Hall–Kier alpha value is -2.33. The fourth-order valence-electron chi connectivity index (χ4n) is 1.92. The monoisotopic (exact) mass is 271 g/mol. The van der Waals surface area contributed by atoms with Gasteiger partial charge in [-0.1, -0.05) is 36.4 Å². The normalized spacial score (nSPS) is 11.9. The van der Waals surface area contributed by atoms with Crippen LogP contribution in [-0.2, 0) is 4.79 Å². The lowest BCUT2D eigenvalue weighted by molar-refractivity contribution is -0.118. The van der Waals surface area contributed by atoms with Crippen LogP contribution in [0.5, 0.6) is 5.75 Å². The summed E-state index contributed by atoms with van der Waals surface area (Å²) in [5, 5.41) is 22.3. The van der Waals surface area contributed by atoms with Crippen LogP contribution in [0.3, 0.4) is 0 Å². The van der Waals surface area contributed by atoms with E-state index in [1.165, 1.54) is 0 Å². The lowest BCUT2D eigenvalue weighted by Gasteiger charge is -2.12. The number of aliphatic hydroxyl groups excluding tert-OH is 1. The molecule has 0 aliphatic rings. The van der Waals surface area contributed by atoms with E-state index in [4.69, 9.17) is 0 Å². The standard InChI is InChI=1S/C16H17NO3/c1-11-7-8-13(15(19)9-11)17-16(20)10-14(18)12-5-3-2-4-6-12/h2-9,14,18-19H,10H2,1H3,(H,17,20). The maximum absolute atomic E-state index is 11.9. The SMILES string of the molecule is Cc1ccc(NC(=O)CC(O)c2ccccc2)c(O)c1. The lowest BCUT2D eigenvalue weighted by Crippen LogP contribution is -2.15. The van der Waals surface area contributed by atoms with Crippen LogP contribution in [-0.4, -0.2) is 16.1 Å². The van der Waals surface area contributed by atoms with Crippen molar-refractivity contribution in [3.8, 4) is 5.75 Å². The van der Waals surface area contributed by atoms with Crippen molar-refractivity contribution >= 4 is 11.6 Å². The third-order valence-electron chi connectivity index (χ3n) is 2.99. The molecule has 0 spiro atoms. The molecule has 1 atom stereocenters. The Kier molecular flexibility index (Phi) is 4.38. The lowest BCUT2D eigenvalue weighted by atomic mass is 10.1. The minimum Gasteiger partial charge on any atom is -0.506 e. The average molecular weight is 271 g/mol. The maximum atomic E-state index is 11.9. The summed E-state index contributed by atoms with van der Waals surface area (Å²) in [6, 6.07) is 14.0. The van der Waals surface area contributed by atoms with E-state index >= 15 is 0 Å². The van der Waals surface area contributed by atoms with Crippen LogP contribution in [0.15, 0.2) is 48.5 Å². The Balaban J connectivity index is 1.99. The van der Waals surface area contributed by atoms with Crippen LogP contribution in [0, 0.1) is 6.92 Å². The van der Waals surface area contributed by atoms with E-state index in [9.17, 15) is 15.0 Å². The number of aromatic hydroxyl groups is 1. The van der Waals surface area contributed by atoms with Gasteiger partial charge in [-0.25, -0.2) is 0 Å². The molecule has 0 bridgehead atoms. The van der Waals surface area contributed by atoms with Gasteiger partial charge in [-0.3, -0.25) is 4.79 Å². The van der Waals surface area contributed by atoms with Crippen molar-refractivity contribution in [1.82, 2.24) is 0 Å². The maximum Gasteiger partial charge on any atom is 0.227 e. The number of carbonyl (C=O) groups is 1. The molecule has 1 unspecified atom stereocenters. The van der Waals surface area contributed by atoms with Crippen molar-refractivity contribution in [3.63, 3.8) is 0 Å². The first-order chi connectivity index (χ1) is 9.56. The molecular formula is C16H17NO3. The zero-order chi connectivity index (χ0) is 14.5. The summed E-state index contributed by atoms with van der Waals surface area (Å²) in [6.45, 7) is 1.85. The highest BCUT2D eigenvalue weighted by Gasteiger charge is 2.14. The Morgan fingerprint density at radius 2 is 1.90 bits per heavy atom. The fraction of sp³-hybridized carbons (Fsp3) is 0.188. The number of nitrogens with one attached hydrogen (secondary N) is 1. The summed E-state index contributed by atoms with van der Waals surface area (Å²) in [7, 11) is 0. The number of hydrogen-bond donors (Lipinski definition) is 3. The number of phenolic OH excluding ortho intramolecular Hbond substituents is 1. The van der Waals surface area contributed by atoms with Crippen molar-refractivity contribution < 1.29 is 15.0 Å². The summed E-state index contributed by atoms with van der Waals surface area (Å²) in [5.41, 5.74) is 1.95. The number of carbonyl (C=O) groups excluding carboxylic acids is 1. The molecule has 2 rings (SSSR count). The van der Waals surface area contributed by atoms with Crippen molar-refractivity contribution in [1.29, 1.82) is 0 Å². The summed E-state index contributed by atoms with van der Waals surface area (Å²) in [4.78, 5) is 11.9. The molecule has 4 nitrogen and oxygen atoms in total. The number of aryl methyl sites for hydroxylation is 1. The minimum absolute atomic E-state index is 0.0209. The van der Waals surface area contributed by atoms with Gasteiger partial charge in [-0.2, -0.15) is 0 Å². The number of anilines is 1. The first-order valence-electron chi connectivity index (χ1n) is 6.39. The van der Waals surface area contributed by atoms with Gasteiger partial charge in [0.15, 0.2) is 0 Å². The number of benzene rings is 2. The van der Waals surface area contributed by atoms with Crippen LogP contribution < -0.4 is 5.32 Å². The van der Waals surface area contributed by atoms with Crippen LogP contribution in [0.4, 0.5) is 5.69 Å². The number of hydrogen-bond acceptors (Lipinski definition) is 3. The molecule has 0 saturated carbocycles. The van der Waals surface area contributed by atoms with E-state index in [1.807, 2.05) is 25.1 Å². The van der Waals surface area contributed by atoms with Gasteiger partial charge in [-0.15, -0.1) is 0 Å². The van der Waals surface area contributed by atoms with Gasteiger partial charge in [-0.05, 0) is 30.2 Å². The summed E-state index contributed by atoms with van der Waals surface area (Å²) in [5.74, 6) is -0.326. The molecule has 0 radical (unpaired) electrons. The van der Waals surface area contributed by atoms with E-state index in [-0.39, 0.29) is 18.1 Å². The molecule has 0 aliphatic carbocycles. The molecule has 0 aromatic heterocycles. The molecule has 104 valence electrons. The van der Waals surface area contributed by atoms with Crippen molar-refractivity contribution in [2.75, 3.05) is 5.32 Å². The molecule has 0 saturated heterocycles. The second-order valence-electron chi connectivity index (χ2n) is 4.70. The highest BCUT2D eigenvalue weighted by Crippen LogP contribution is 2.25. The fourth-order valence-corrected chi connectivity index (χ4v) is 1.92. The smallest absolute Gasteiger partial charge is 0.227 e. The Morgan fingerprint density at radius 3 is 2.55 bits per heavy atom. The molecule has 1 amide bonds. The van der Waals surface area contributed by atoms with Gasteiger partial charge in [0, 0.05) is 0 Å². The number of phenols is 1. The highest BCUT2D eigenvalue weighted by molar-refractivity contribution is 5.92. The third kappa shape index (κ3) is 3.59. The van der Waals surface area contributed by atoms with E-state index in [0.29, 0.717) is 11.3 Å². The highest BCUT2D eigenvalue weighted by atomic mass is 16.3. The Bertz CT molecular complexity index is 596. The van der Waals surface area contributed by atoms with Gasteiger partial charge >= 0.3 is 0 Å². The zero-order valence-corrected chi connectivity index (χ0v) is 11.2. The van der Waals surface area contributed by atoms with Gasteiger partial charge in [0.25, 0.3) is 0 Å². The van der Waals surface area contributed by atoms with Crippen molar-refractivity contribution in [3.05, 3.63) is 59.7 Å². The predicted molar refractivity (Wildman–Crippen MR) is 77.5 cm³/mol. The molecule has 20 heavy (non-hydrogen) atoms. The third-order valence-corrected chi connectivity index (χ3v) is 2.99. The summed E-state index contributed by atoms with van der Waals surface area (Å²) >= 11 is 0. The van der Waals surface area contributed by atoms with E-state index in [1.54, 1.807) is 30.3 Å². The van der Waals surface area contributed by atoms with Crippen molar-refractivity contribution in [2.45, 2.75) is 19.4 Å². The van der Waals surface area contributed by atoms with Crippen LogP contribution in [0.1, 0.15) is 23.7 Å². The quantitative estimate of drug-likeness (QED) is 0.749. The second kappa shape index (κ2) is 6.21. The summed E-state index contributed by atoms with van der Waals surface area (Å²) in [6.07, 6.45) is -0.916. The predicted octanol–water partition coefficient (Wildman–Crippen LogP) is 2.76. The first-order valence-corrected chi connectivity index (χ1v) is 6.39. The van der Waals surface area contributed by atoms with Crippen molar-refractivity contribution in [2.24, 2.45) is 0 Å². The molecule has 0 fully saturated rings.